The minimum absolute atomic E-state index is 0.00656. The lowest BCUT2D eigenvalue weighted by Gasteiger charge is -2.48. The fourth-order valence-corrected chi connectivity index (χ4v) is 11.1. The summed E-state index contributed by atoms with van der Waals surface area (Å²) >= 11 is 0. The molecule has 0 saturated carbocycles. The molecule has 3 atom stereocenters. The lowest BCUT2D eigenvalue weighted by molar-refractivity contribution is 0.332. The second kappa shape index (κ2) is 13.3. The predicted molar refractivity (Wildman–Crippen MR) is 259 cm³/mol. The molecule has 5 aromatic rings. The van der Waals surface area contributed by atoms with Crippen LogP contribution in [-0.4, -0.2) is 12.8 Å². The average Bonchev–Trinajstić information content (AvgIpc) is 3.50. The highest BCUT2D eigenvalue weighted by Crippen LogP contribution is 2.53. The maximum Gasteiger partial charge on any atom is 0.291 e. The van der Waals surface area contributed by atoms with Gasteiger partial charge in [0.1, 0.15) is 5.58 Å². The zero-order valence-electron chi connectivity index (χ0n) is 39.6. The SMILES string of the molecule is CC1=CC2=C3B(c4ccc(C(C)(C)C)cc4C(C)N2c2ccc(C(C)(C)C)cc2)c2oc4cc5c(cc4c2N(c2ccc(C(C)(C)C)cc2)C3[C@@H]1C)C(C)(C)CCC5(C)C. The Hall–Kier alpha value is -4.44. The lowest BCUT2D eigenvalue weighted by Crippen LogP contribution is -2.59. The van der Waals surface area contributed by atoms with E-state index in [4.69, 9.17) is 4.42 Å². The largest absolute Gasteiger partial charge is 0.468 e. The molecule has 4 heteroatoms. The average molecular weight is 797 g/mol. The first-order chi connectivity index (χ1) is 27.9. The number of rotatable bonds is 2. The number of allylic oxidation sites excluding steroid dienone is 1. The van der Waals surface area contributed by atoms with Crippen molar-refractivity contribution in [2.24, 2.45) is 5.92 Å². The van der Waals surface area contributed by atoms with Crippen LogP contribution in [0.4, 0.5) is 17.1 Å². The molecule has 1 aromatic heterocycles. The van der Waals surface area contributed by atoms with Crippen LogP contribution in [0.1, 0.15) is 163 Å². The van der Waals surface area contributed by atoms with E-state index in [0.29, 0.717) is 0 Å². The van der Waals surface area contributed by atoms with E-state index in [1.807, 2.05) is 0 Å². The third-order valence-corrected chi connectivity index (χ3v) is 15.3. The number of nitrogens with zero attached hydrogens (tertiary/aromatic N) is 2. The lowest BCUT2D eigenvalue weighted by atomic mass is 9.33. The van der Waals surface area contributed by atoms with Gasteiger partial charge in [0.15, 0.2) is 0 Å². The van der Waals surface area contributed by atoms with E-state index < -0.39 is 0 Å². The van der Waals surface area contributed by atoms with E-state index in [9.17, 15) is 0 Å². The molecule has 0 bridgehead atoms. The number of hydrogen-bond acceptors (Lipinski definition) is 3. The Morgan fingerprint density at radius 3 is 1.67 bits per heavy atom. The minimum atomic E-state index is -0.0485. The van der Waals surface area contributed by atoms with Gasteiger partial charge in [0.05, 0.1) is 23.4 Å². The molecule has 4 aliphatic rings. The quantitative estimate of drug-likeness (QED) is 0.166. The van der Waals surface area contributed by atoms with Crippen molar-refractivity contribution in [3.63, 3.8) is 0 Å². The fourth-order valence-electron chi connectivity index (χ4n) is 11.1. The summed E-state index contributed by atoms with van der Waals surface area (Å²) in [7, 11) is 0. The molecule has 0 amide bonds. The molecule has 312 valence electrons. The highest BCUT2D eigenvalue weighted by molar-refractivity contribution is 6.92. The zero-order valence-corrected chi connectivity index (χ0v) is 39.6. The second-order valence-electron chi connectivity index (χ2n) is 23.5. The van der Waals surface area contributed by atoms with Gasteiger partial charge in [0, 0.05) is 28.4 Å². The third-order valence-electron chi connectivity index (χ3n) is 15.3. The summed E-state index contributed by atoms with van der Waals surface area (Å²) in [5.41, 5.74) is 20.0. The van der Waals surface area contributed by atoms with Crippen LogP contribution in [0.15, 0.2) is 106 Å². The summed E-state index contributed by atoms with van der Waals surface area (Å²) in [5.74, 6) is 0.260. The molecule has 0 N–H and O–H groups in total. The molecular weight excluding hydrogens is 727 g/mol. The van der Waals surface area contributed by atoms with Gasteiger partial charge < -0.3 is 14.2 Å². The van der Waals surface area contributed by atoms with Crippen LogP contribution in [0.2, 0.25) is 0 Å². The Labute approximate surface area is 362 Å². The van der Waals surface area contributed by atoms with Crippen molar-refractivity contribution < 1.29 is 4.42 Å². The topological polar surface area (TPSA) is 19.6 Å². The Bertz CT molecular complexity index is 2590. The molecular formula is C56H69BN2O. The molecule has 60 heavy (non-hydrogen) atoms. The van der Waals surface area contributed by atoms with Gasteiger partial charge in [-0.05, 0) is 135 Å². The Kier molecular flexibility index (Phi) is 9.06. The predicted octanol–water partition coefficient (Wildman–Crippen LogP) is 13.8. The van der Waals surface area contributed by atoms with Gasteiger partial charge in [-0.2, -0.15) is 0 Å². The maximum atomic E-state index is 7.57. The Morgan fingerprint density at radius 2 is 1.13 bits per heavy atom. The van der Waals surface area contributed by atoms with Gasteiger partial charge >= 0.3 is 0 Å². The molecule has 0 spiro atoms. The summed E-state index contributed by atoms with van der Waals surface area (Å²) in [6, 6.07) is 31.5. The zero-order chi connectivity index (χ0) is 43.2. The normalized spacial score (nSPS) is 22.2. The summed E-state index contributed by atoms with van der Waals surface area (Å²) in [4.78, 5) is 5.39. The van der Waals surface area contributed by atoms with Crippen molar-refractivity contribution in [1.29, 1.82) is 0 Å². The smallest absolute Gasteiger partial charge is 0.291 e. The van der Waals surface area contributed by atoms with Crippen molar-refractivity contribution in [2.75, 3.05) is 9.80 Å². The molecule has 0 radical (unpaired) electrons. The highest BCUT2D eigenvalue weighted by Gasteiger charge is 2.53. The molecule has 3 heterocycles. The maximum absolute atomic E-state index is 7.57. The fraction of sp³-hybridized carbons (Fsp3) is 0.464. The first kappa shape index (κ1) is 40.9. The summed E-state index contributed by atoms with van der Waals surface area (Å²) in [5, 5.41) is 1.24. The third kappa shape index (κ3) is 6.28. The summed E-state index contributed by atoms with van der Waals surface area (Å²) in [6.45, 7) is 37.9. The highest BCUT2D eigenvalue weighted by atomic mass is 16.3. The van der Waals surface area contributed by atoms with Gasteiger partial charge in [0.2, 0.25) is 0 Å². The molecule has 3 nitrogen and oxygen atoms in total. The summed E-state index contributed by atoms with van der Waals surface area (Å²) in [6.07, 6.45) is 4.88. The molecule has 0 fully saturated rings. The van der Waals surface area contributed by atoms with Crippen molar-refractivity contribution in [2.45, 2.75) is 163 Å². The van der Waals surface area contributed by atoms with Gasteiger partial charge in [-0.1, -0.05) is 150 Å². The summed E-state index contributed by atoms with van der Waals surface area (Å²) < 4.78 is 7.57. The second-order valence-corrected chi connectivity index (χ2v) is 23.5. The number of hydrogen-bond donors (Lipinski definition) is 0. The van der Waals surface area contributed by atoms with Crippen LogP contribution < -0.4 is 20.9 Å². The molecule has 4 aromatic carbocycles. The number of anilines is 3. The molecule has 2 unspecified atom stereocenters. The molecule has 2 aliphatic carbocycles. The van der Waals surface area contributed by atoms with E-state index in [-0.39, 0.29) is 51.8 Å². The number of furan rings is 1. The van der Waals surface area contributed by atoms with E-state index in [1.165, 1.54) is 90.9 Å². The van der Waals surface area contributed by atoms with Crippen LogP contribution in [0, 0.1) is 5.92 Å². The van der Waals surface area contributed by atoms with Crippen LogP contribution in [-0.2, 0) is 27.1 Å². The number of benzene rings is 4. The first-order valence-electron chi connectivity index (χ1n) is 22.9. The Balaban J connectivity index is 1.42. The Morgan fingerprint density at radius 1 is 0.633 bits per heavy atom. The molecule has 2 aliphatic heterocycles. The van der Waals surface area contributed by atoms with Crippen LogP contribution in [0.3, 0.4) is 0 Å². The van der Waals surface area contributed by atoms with Crippen molar-refractivity contribution in [1.82, 2.24) is 0 Å². The minimum Gasteiger partial charge on any atom is -0.468 e. The van der Waals surface area contributed by atoms with Crippen LogP contribution in [0.25, 0.3) is 11.0 Å². The number of fused-ring (bicyclic) bond motifs is 7. The standard InChI is InChI=1S/C56H69BN2O/c1-33-29-46-48-49(34(33)2)59(40-24-19-37(20-25-40)53(7,8)9)50-42-31-43-44(56(15,16)28-27-55(43,13)14)32-47(42)60-51(50)57(48)45-26-21-38(54(10,11)12)30-41(45)35(3)58(46)39-22-17-36(18-23-39)52(4,5)6/h17-26,29-32,34-35,49H,27-28H2,1-16H3/t34-,35?,49?/m1/s1. The van der Waals surface area contributed by atoms with Gasteiger partial charge in [0.25, 0.3) is 6.71 Å². The van der Waals surface area contributed by atoms with E-state index >= 15 is 0 Å². The van der Waals surface area contributed by atoms with Gasteiger partial charge in [-0.25, -0.2) is 0 Å². The van der Waals surface area contributed by atoms with Crippen molar-refractivity contribution >= 4 is 45.9 Å². The monoisotopic (exact) mass is 797 g/mol. The van der Waals surface area contributed by atoms with Gasteiger partial charge in [-0.15, -0.1) is 0 Å². The molecule has 9 rings (SSSR count). The first-order valence-corrected chi connectivity index (χ1v) is 22.9. The van der Waals surface area contributed by atoms with E-state index in [1.54, 1.807) is 0 Å². The van der Waals surface area contributed by atoms with Crippen LogP contribution in [0.5, 0.6) is 0 Å². The van der Waals surface area contributed by atoms with E-state index in [2.05, 4.69) is 206 Å². The van der Waals surface area contributed by atoms with Crippen LogP contribution >= 0.6 is 0 Å². The molecule has 0 saturated heterocycles. The van der Waals surface area contributed by atoms with Crippen molar-refractivity contribution in [3.05, 3.63) is 135 Å². The van der Waals surface area contributed by atoms with Crippen molar-refractivity contribution in [3.8, 4) is 0 Å². The van der Waals surface area contributed by atoms with E-state index in [0.717, 1.165) is 11.2 Å². The van der Waals surface area contributed by atoms with Gasteiger partial charge in [-0.3, -0.25) is 0 Å².